The van der Waals surface area contributed by atoms with E-state index in [2.05, 4.69) is 10.6 Å². The van der Waals surface area contributed by atoms with Gasteiger partial charge in [0.2, 0.25) is 5.91 Å². The highest BCUT2D eigenvalue weighted by Crippen LogP contribution is 2.16. The first-order valence-electron chi connectivity index (χ1n) is 9.51. The molecule has 0 heterocycles. The topological polar surface area (TPSA) is 93.7 Å². The molecular weight excluding hydrogens is 372 g/mol. The Hall–Kier alpha value is -3.35. The van der Waals surface area contributed by atoms with E-state index in [1.165, 1.54) is 0 Å². The van der Waals surface area contributed by atoms with Crippen molar-refractivity contribution in [2.45, 2.75) is 33.1 Å². The summed E-state index contributed by atoms with van der Waals surface area (Å²) < 4.78 is 10.3. The number of nitrogens with one attached hydrogen (secondary N) is 2. The molecule has 0 saturated carbocycles. The van der Waals surface area contributed by atoms with Crippen molar-refractivity contribution in [3.63, 3.8) is 0 Å². The highest BCUT2D eigenvalue weighted by molar-refractivity contribution is 5.93. The van der Waals surface area contributed by atoms with Crippen molar-refractivity contribution in [2.75, 3.05) is 23.8 Å². The second-order valence-corrected chi connectivity index (χ2v) is 6.44. The van der Waals surface area contributed by atoms with Crippen LogP contribution < -0.4 is 15.4 Å². The minimum Gasteiger partial charge on any atom is -0.494 e. The lowest BCUT2D eigenvalue weighted by Crippen LogP contribution is -2.21. The Morgan fingerprint density at radius 1 is 0.897 bits per heavy atom. The van der Waals surface area contributed by atoms with Crippen molar-refractivity contribution in [1.82, 2.24) is 0 Å². The predicted molar refractivity (Wildman–Crippen MR) is 111 cm³/mol. The lowest BCUT2D eigenvalue weighted by molar-refractivity contribution is -0.147. The normalized spacial score (nSPS) is 10.1. The van der Waals surface area contributed by atoms with Crippen LogP contribution in [0.5, 0.6) is 5.75 Å². The lowest BCUT2D eigenvalue weighted by Gasteiger charge is -2.08. The van der Waals surface area contributed by atoms with Crippen LogP contribution in [0.2, 0.25) is 0 Å². The molecule has 0 aromatic heterocycles. The van der Waals surface area contributed by atoms with Crippen LogP contribution in [-0.2, 0) is 19.1 Å². The maximum Gasteiger partial charge on any atom is 0.306 e. The van der Waals surface area contributed by atoms with Crippen LogP contribution in [0, 0.1) is 6.92 Å². The van der Waals surface area contributed by atoms with Gasteiger partial charge in [-0.15, -0.1) is 0 Å². The SMILES string of the molecule is CCOc1ccc(NC(=O)CCCC(=O)OCC(=O)Nc2cccc(C)c2)cc1. The number of carbonyl (C=O) groups is 3. The first-order chi connectivity index (χ1) is 14.0. The largest absolute Gasteiger partial charge is 0.494 e. The zero-order valence-corrected chi connectivity index (χ0v) is 16.7. The van der Waals surface area contributed by atoms with Crippen molar-refractivity contribution in [3.05, 3.63) is 54.1 Å². The fraction of sp³-hybridized carbons (Fsp3) is 0.318. The highest BCUT2D eigenvalue weighted by atomic mass is 16.5. The number of amides is 2. The maximum atomic E-state index is 11.9. The quantitative estimate of drug-likeness (QED) is 0.596. The Balaban J connectivity index is 1.62. The predicted octanol–water partition coefficient (Wildman–Crippen LogP) is 3.68. The third-order valence-electron chi connectivity index (χ3n) is 3.90. The molecule has 29 heavy (non-hydrogen) atoms. The van der Waals surface area contributed by atoms with Gasteiger partial charge in [0.25, 0.3) is 5.91 Å². The number of benzene rings is 2. The zero-order chi connectivity index (χ0) is 21.1. The smallest absolute Gasteiger partial charge is 0.306 e. The first-order valence-corrected chi connectivity index (χ1v) is 9.51. The number of anilines is 2. The van der Waals surface area contributed by atoms with Crippen LogP contribution in [0.1, 0.15) is 31.7 Å². The molecule has 0 fully saturated rings. The highest BCUT2D eigenvalue weighted by Gasteiger charge is 2.10. The van der Waals surface area contributed by atoms with Gasteiger partial charge in [-0.1, -0.05) is 12.1 Å². The van der Waals surface area contributed by atoms with Crippen LogP contribution in [0.4, 0.5) is 11.4 Å². The molecule has 2 aromatic rings. The van der Waals surface area contributed by atoms with Gasteiger partial charge >= 0.3 is 5.97 Å². The van der Waals surface area contributed by atoms with Gasteiger partial charge in [-0.3, -0.25) is 14.4 Å². The first kappa shape index (κ1) is 21.9. The summed E-state index contributed by atoms with van der Waals surface area (Å²) in [5.41, 5.74) is 2.33. The van der Waals surface area contributed by atoms with Gasteiger partial charge in [0.1, 0.15) is 5.75 Å². The van der Waals surface area contributed by atoms with Gasteiger partial charge < -0.3 is 20.1 Å². The van der Waals surface area contributed by atoms with E-state index in [0.717, 1.165) is 11.3 Å². The van der Waals surface area contributed by atoms with Crippen LogP contribution in [-0.4, -0.2) is 31.0 Å². The van der Waals surface area contributed by atoms with E-state index in [1.807, 2.05) is 32.0 Å². The molecule has 2 aromatic carbocycles. The lowest BCUT2D eigenvalue weighted by atomic mass is 10.2. The second kappa shape index (κ2) is 11.5. The van der Waals surface area contributed by atoms with Crippen LogP contribution in [0.3, 0.4) is 0 Å². The summed E-state index contributed by atoms with van der Waals surface area (Å²) in [6, 6.07) is 14.4. The third kappa shape index (κ3) is 8.47. The maximum absolute atomic E-state index is 11.9. The zero-order valence-electron chi connectivity index (χ0n) is 16.7. The monoisotopic (exact) mass is 398 g/mol. The van der Waals surface area contributed by atoms with Crippen molar-refractivity contribution in [1.29, 1.82) is 0 Å². The summed E-state index contributed by atoms with van der Waals surface area (Å²) in [6.45, 7) is 4.04. The van der Waals surface area contributed by atoms with E-state index in [1.54, 1.807) is 30.3 Å². The van der Waals surface area contributed by atoms with Gasteiger partial charge in [0.05, 0.1) is 6.61 Å². The molecule has 0 aliphatic rings. The number of hydrogen-bond donors (Lipinski definition) is 2. The van der Waals surface area contributed by atoms with E-state index in [0.29, 0.717) is 24.4 Å². The molecule has 0 atom stereocenters. The Morgan fingerprint density at radius 2 is 1.62 bits per heavy atom. The van der Waals surface area contributed by atoms with Gasteiger partial charge in [0, 0.05) is 24.2 Å². The number of carbonyl (C=O) groups excluding carboxylic acids is 3. The molecule has 0 aliphatic carbocycles. The molecule has 2 amide bonds. The second-order valence-electron chi connectivity index (χ2n) is 6.44. The average molecular weight is 398 g/mol. The summed E-state index contributed by atoms with van der Waals surface area (Å²) in [4.78, 5) is 35.5. The average Bonchev–Trinajstić information content (AvgIpc) is 2.68. The Morgan fingerprint density at radius 3 is 2.31 bits per heavy atom. The molecule has 2 N–H and O–H groups in total. The Bertz CT molecular complexity index is 833. The summed E-state index contributed by atoms with van der Waals surface area (Å²) >= 11 is 0. The molecule has 0 aliphatic heterocycles. The Kier molecular flexibility index (Phi) is 8.69. The van der Waals surface area contributed by atoms with Crippen LogP contribution in [0.15, 0.2) is 48.5 Å². The van der Waals surface area contributed by atoms with Gasteiger partial charge in [-0.25, -0.2) is 0 Å². The van der Waals surface area contributed by atoms with Crippen LogP contribution >= 0.6 is 0 Å². The van der Waals surface area contributed by atoms with E-state index >= 15 is 0 Å². The van der Waals surface area contributed by atoms with Gasteiger partial charge in [-0.2, -0.15) is 0 Å². The standard InChI is InChI=1S/C22H26N2O5/c1-3-28-19-12-10-17(11-13-19)23-20(25)8-5-9-22(27)29-15-21(26)24-18-7-4-6-16(2)14-18/h4,6-7,10-14H,3,5,8-9,15H2,1-2H3,(H,23,25)(H,24,26). The summed E-state index contributed by atoms with van der Waals surface area (Å²) in [7, 11) is 0. The molecule has 0 saturated heterocycles. The molecule has 0 bridgehead atoms. The number of ether oxygens (including phenoxy) is 2. The Labute approximate surface area is 170 Å². The molecule has 0 unspecified atom stereocenters. The molecule has 7 heteroatoms. The number of esters is 1. The minimum absolute atomic E-state index is 0.0639. The summed E-state index contributed by atoms with van der Waals surface area (Å²) in [5.74, 6) is -0.380. The number of aryl methyl sites for hydroxylation is 1. The fourth-order valence-corrected chi connectivity index (χ4v) is 2.56. The van der Waals surface area contributed by atoms with Crippen molar-refractivity contribution in [2.24, 2.45) is 0 Å². The van der Waals surface area contributed by atoms with E-state index in [4.69, 9.17) is 9.47 Å². The van der Waals surface area contributed by atoms with Crippen LogP contribution in [0.25, 0.3) is 0 Å². The van der Waals surface area contributed by atoms with Crippen molar-refractivity contribution in [3.8, 4) is 5.75 Å². The number of rotatable bonds is 10. The van der Waals surface area contributed by atoms with E-state index < -0.39 is 11.9 Å². The number of hydrogen-bond acceptors (Lipinski definition) is 5. The van der Waals surface area contributed by atoms with E-state index in [-0.39, 0.29) is 25.4 Å². The van der Waals surface area contributed by atoms with Crippen molar-refractivity contribution < 1.29 is 23.9 Å². The minimum atomic E-state index is -0.516. The molecular formula is C22H26N2O5. The fourth-order valence-electron chi connectivity index (χ4n) is 2.56. The van der Waals surface area contributed by atoms with Crippen molar-refractivity contribution >= 4 is 29.2 Å². The molecule has 2 rings (SSSR count). The molecule has 0 radical (unpaired) electrons. The third-order valence-corrected chi connectivity index (χ3v) is 3.90. The summed E-state index contributed by atoms with van der Waals surface area (Å²) in [5, 5.41) is 5.42. The van der Waals surface area contributed by atoms with E-state index in [9.17, 15) is 14.4 Å². The van der Waals surface area contributed by atoms with Gasteiger partial charge in [0.15, 0.2) is 6.61 Å². The molecule has 154 valence electrons. The molecule has 7 nitrogen and oxygen atoms in total. The van der Waals surface area contributed by atoms with Gasteiger partial charge in [-0.05, 0) is 62.2 Å². The summed E-state index contributed by atoms with van der Waals surface area (Å²) in [6.07, 6.45) is 0.577. The molecule has 0 spiro atoms.